The van der Waals surface area contributed by atoms with Crippen LogP contribution in [0.5, 0.6) is 0 Å². The molecule has 0 spiro atoms. The Hall–Kier alpha value is -3.22. The zero-order chi connectivity index (χ0) is 19.4. The lowest BCUT2D eigenvalue weighted by atomic mass is 10.2. The largest absolute Gasteiger partial charge is 0.372 e. The molecule has 2 heterocycles. The molecule has 3 rings (SSSR count). The molecule has 0 radical (unpaired) electrons. The highest BCUT2D eigenvalue weighted by Gasteiger charge is 2.36. The number of benzene rings is 1. The molecule has 1 aromatic heterocycles. The number of carbonyl (C=O) groups excluding carboxylic acids is 3. The van der Waals surface area contributed by atoms with Crippen molar-refractivity contribution in [2.24, 2.45) is 0 Å². The molecule has 0 atom stereocenters. The van der Waals surface area contributed by atoms with Crippen molar-refractivity contribution in [1.29, 1.82) is 0 Å². The molecule has 140 valence electrons. The van der Waals surface area contributed by atoms with Crippen molar-refractivity contribution in [2.45, 2.75) is 20.3 Å². The first kappa shape index (κ1) is 18.6. The van der Waals surface area contributed by atoms with Gasteiger partial charge in [0.25, 0.3) is 11.8 Å². The van der Waals surface area contributed by atoms with E-state index < -0.39 is 11.8 Å². The number of nitrogens with zero attached hydrogens (tertiary/aromatic N) is 3. The third kappa shape index (κ3) is 3.81. The fourth-order valence-electron chi connectivity index (χ4n) is 3.10. The molecule has 0 bridgehead atoms. The van der Waals surface area contributed by atoms with Crippen LogP contribution < -0.4 is 10.2 Å². The Morgan fingerprint density at radius 2 is 1.78 bits per heavy atom. The molecule has 7 heteroatoms. The molecule has 2 aromatic rings. The number of nitrogens with one attached hydrogen (secondary N) is 1. The lowest BCUT2D eigenvalue weighted by Crippen LogP contribution is -2.33. The Balaban J connectivity index is 1.56. The van der Waals surface area contributed by atoms with Gasteiger partial charge in [-0.2, -0.15) is 0 Å². The van der Waals surface area contributed by atoms with Crippen molar-refractivity contribution >= 4 is 29.1 Å². The van der Waals surface area contributed by atoms with Crippen LogP contribution in [0, 0.1) is 0 Å². The number of hydrogen-bond acceptors (Lipinski definition) is 5. The lowest BCUT2D eigenvalue weighted by Gasteiger charge is -2.21. The maximum atomic E-state index is 12.3. The van der Waals surface area contributed by atoms with E-state index in [0.29, 0.717) is 5.69 Å². The Morgan fingerprint density at radius 3 is 2.41 bits per heavy atom. The summed E-state index contributed by atoms with van der Waals surface area (Å²) in [6, 6.07) is 10.8. The molecule has 0 unspecified atom stereocenters. The van der Waals surface area contributed by atoms with Gasteiger partial charge in [-0.3, -0.25) is 24.3 Å². The van der Waals surface area contributed by atoms with Gasteiger partial charge in [0.15, 0.2) is 0 Å². The van der Waals surface area contributed by atoms with Crippen LogP contribution in [0.2, 0.25) is 0 Å². The first-order chi connectivity index (χ1) is 13.0. The highest BCUT2D eigenvalue weighted by atomic mass is 16.2. The molecule has 1 N–H and O–H groups in total. The van der Waals surface area contributed by atoms with Gasteiger partial charge in [-0.25, -0.2) is 0 Å². The molecule has 0 saturated heterocycles. The van der Waals surface area contributed by atoms with E-state index >= 15 is 0 Å². The minimum Gasteiger partial charge on any atom is -0.372 e. The third-order valence-corrected chi connectivity index (χ3v) is 4.57. The van der Waals surface area contributed by atoms with Gasteiger partial charge < -0.3 is 10.2 Å². The molecule has 3 amide bonds. The number of pyridine rings is 1. The number of anilines is 2. The quantitative estimate of drug-likeness (QED) is 0.762. The fourth-order valence-corrected chi connectivity index (χ4v) is 3.10. The van der Waals surface area contributed by atoms with Crippen molar-refractivity contribution in [1.82, 2.24) is 9.88 Å². The first-order valence-electron chi connectivity index (χ1n) is 9.01. The van der Waals surface area contributed by atoms with Crippen molar-refractivity contribution in [3.63, 3.8) is 0 Å². The minimum atomic E-state index is -0.452. The van der Waals surface area contributed by atoms with Crippen molar-refractivity contribution < 1.29 is 14.4 Å². The second kappa shape index (κ2) is 7.99. The van der Waals surface area contributed by atoms with Crippen LogP contribution in [0.1, 0.15) is 41.1 Å². The third-order valence-electron chi connectivity index (χ3n) is 4.57. The molecule has 27 heavy (non-hydrogen) atoms. The molecule has 1 aliphatic rings. The smallest absolute Gasteiger partial charge is 0.280 e. The molecule has 1 aliphatic heterocycles. The number of hydrogen-bond donors (Lipinski definition) is 1. The zero-order valence-corrected chi connectivity index (χ0v) is 15.4. The highest BCUT2D eigenvalue weighted by molar-refractivity contribution is 6.20. The first-order valence-corrected chi connectivity index (χ1v) is 9.01. The fraction of sp³-hybridized carbons (Fsp3) is 0.300. The topological polar surface area (TPSA) is 82.6 Å². The SMILES string of the molecule is CCN(CC)c1ccc(NC(=O)CCN2C(=O)c3cccnc3C2=O)cc1. The van der Waals surface area contributed by atoms with Gasteiger partial charge in [0.05, 0.1) is 5.56 Å². The summed E-state index contributed by atoms with van der Waals surface area (Å²) in [6.07, 6.45) is 1.51. The number of amides is 3. The molecule has 7 nitrogen and oxygen atoms in total. The number of fused-ring (bicyclic) bond motifs is 1. The Kier molecular flexibility index (Phi) is 5.49. The number of carbonyl (C=O) groups is 3. The highest BCUT2D eigenvalue weighted by Crippen LogP contribution is 2.21. The van der Waals surface area contributed by atoms with E-state index in [4.69, 9.17) is 0 Å². The summed E-state index contributed by atoms with van der Waals surface area (Å²) in [5, 5.41) is 2.80. The molecule has 0 fully saturated rings. The van der Waals surface area contributed by atoms with Crippen LogP contribution in [0.25, 0.3) is 0 Å². The van der Waals surface area contributed by atoms with E-state index in [-0.39, 0.29) is 30.1 Å². The standard InChI is InChI=1S/C20H22N4O3/c1-3-23(4-2)15-9-7-14(8-10-15)22-17(25)11-13-24-19(26)16-6-5-12-21-18(16)20(24)27/h5-10,12H,3-4,11,13H2,1-2H3,(H,22,25). The normalized spacial score (nSPS) is 12.9. The lowest BCUT2D eigenvalue weighted by molar-refractivity contribution is -0.116. The predicted molar refractivity (Wildman–Crippen MR) is 103 cm³/mol. The maximum Gasteiger partial charge on any atom is 0.280 e. The second-order valence-electron chi connectivity index (χ2n) is 6.18. The number of imide groups is 1. The van der Waals surface area contributed by atoms with Crippen LogP contribution in [0.15, 0.2) is 42.6 Å². The zero-order valence-electron chi connectivity index (χ0n) is 15.4. The summed E-state index contributed by atoms with van der Waals surface area (Å²) in [7, 11) is 0. The van der Waals surface area contributed by atoms with Crippen LogP contribution in [0.4, 0.5) is 11.4 Å². The number of rotatable bonds is 7. The summed E-state index contributed by atoms with van der Waals surface area (Å²) in [5.41, 5.74) is 2.21. The summed E-state index contributed by atoms with van der Waals surface area (Å²) in [5.74, 6) is -1.11. The number of aromatic nitrogens is 1. The van der Waals surface area contributed by atoms with Gasteiger partial charge in [0, 0.05) is 43.6 Å². The van der Waals surface area contributed by atoms with Gasteiger partial charge >= 0.3 is 0 Å². The van der Waals surface area contributed by atoms with E-state index in [1.54, 1.807) is 12.1 Å². The average Bonchev–Trinajstić information content (AvgIpc) is 2.93. The van der Waals surface area contributed by atoms with E-state index in [1.165, 1.54) is 6.20 Å². The van der Waals surface area contributed by atoms with Crippen LogP contribution in [0.3, 0.4) is 0 Å². The van der Waals surface area contributed by atoms with Crippen molar-refractivity contribution in [3.8, 4) is 0 Å². The van der Waals surface area contributed by atoms with Crippen LogP contribution >= 0.6 is 0 Å². The van der Waals surface area contributed by atoms with Crippen molar-refractivity contribution in [2.75, 3.05) is 29.9 Å². The van der Waals surface area contributed by atoms with E-state index in [1.807, 2.05) is 24.3 Å². The average molecular weight is 366 g/mol. The van der Waals surface area contributed by atoms with Gasteiger partial charge in [0.2, 0.25) is 5.91 Å². The Morgan fingerprint density at radius 1 is 1.07 bits per heavy atom. The summed E-state index contributed by atoms with van der Waals surface area (Å²) >= 11 is 0. The van der Waals surface area contributed by atoms with Gasteiger partial charge in [-0.15, -0.1) is 0 Å². The summed E-state index contributed by atoms with van der Waals surface area (Å²) in [6.45, 7) is 6.04. The van der Waals surface area contributed by atoms with Gasteiger partial charge in [-0.05, 0) is 50.2 Å². The monoisotopic (exact) mass is 366 g/mol. The summed E-state index contributed by atoms with van der Waals surface area (Å²) < 4.78 is 0. The molecule has 1 aromatic carbocycles. The van der Waals surface area contributed by atoms with E-state index in [0.717, 1.165) is 23.7 Å². The summed E-state index contributed by atoms with van der Waals surface area (Å²) in [4.78, 5) is 43.9. The van der Waals surface area contributed by atoms with Gasteiger partial charge in [0.1, 0.15) is 5.69 Å². The molecular weight excluding hydrogens is 344 g/mol. The van der Waals surface area contributed by atoms with E-state index in [2.05, 4.69) is 29.0 Å². The predicted octanol–water partition coefficient (Wildman–Crippen LogP) is 2.55. The second-order valence-corrected chi connectivity index (χ2v) is 6.18. The molecule has 0 saturated carbocycles. The Labute approximate surface area is 158 Å². The van der Waals surface area contributed by atoms with Crippen LogP contribution in [-0.2, 0) is 4.79 Å². The van der Waals surface area contributed by atoms with E-state index in [9.17, 15) is 14.4 Å². The molecular formula is C20H22N4O3. The maximum absolute atomic E-state index is 12.3. The van der Waals surface area contributed by atoms with Crippen molar-refractivity contribution in [3.05, 3.63) is 53.9 Å². The molecule has 0 aliphatic carbocycles. The minimum absolute atomic E-state index is 0.0252. The van der Waals surface area contributed by atoms with Crippen LogP contribution in [-0.4, -0.2) is 47.2 Å². The Bertz CT molecular complexity index is 825. The van der Waals surface area contributed by atoms with Gasteiger partial charge in [-0.1, -0.05) is 0 Å².